The molecule has 0 aromatic rings. The third kappa shape index (κ3) is 3.98. The molecule has 0 aromatic heterocycles. The molecule has 0 aliphatic carbocycles. The Morgan fingerprint density at radius 2 is 2.14 bits per heavy atom. The summed E-state index contributed by atoms with van der Waals surface area (Å²) in [5.41, 5.74) is 7.97. The van der Waals surface area contributed by atoms with Crippen LogP contribution >= 0.6 is 11.8 Å². The predicted octanol–water partition coefficient (Wildman–Crippen LogP) is 2.21. The smallest absolute Gasteiger partial charge is 0.410 e. The first-order valence-electron chi connectivity index (χ1n) is 7.22. The van der Waals surface area contributed by atoms with Gasteiger partial charge in [-0.3, -0.25) is 9.69 Å². The molecule has 0 bridgehead atoms. The maximum atomic E-state index is 12.6. The first-order chi connectivity index (χ1) is 10.3. The maximum Gasteiger partial charge on any atom is 0.410 e. The van der Waals surface area contributed by atoms with Crippen molar-refractivity contribution in [3.8, 4) is 0 Å². The predicted molar refractivity (Wildman–Crippen MR) is 83.3 cm³/mol. The van der Waals surface area contributed by atoms with Crippen LogP contribution in [-0.4, -0.2) is 64.2 Å². The van der Waals surface area contributed by atoms with Gasteiger partial charge in [-0.15, -0.1) is 11.8 Å². The molecule has 0 radical (unpaired) electrons. The third-order valence-corrected chi connectivity index (χ3v) is 4.44. The minimum Gasteiger partial charge on any atom is -0.444 e. The first kappa shape index (κ1) is 16.8. The van der Waals surface area contributed by atoms with E-state index < -0.39 is 17.7 Å². The first-order valence-corrected chi connectivity index (χ1v) is 8.37. The highest BCUT2D eigenvalue weighted by Gasteiger charge is 2.43. The van der Waals surface area contributed by atoms with Crippen molar-refractivity contribution >= 4 is 23.8 Å². The molecule has 122 valence electrons. The molecule has 2 aliphatic heterocycles. The number of carbonyl (C=O) groups excluding carboxylic acids is 2. The van der Waals surface area contributed by atoms with Gasteiger partial charge in [0.25, 0.3) is 0 Å². The normalized spacial score (nSPS) is 25.0. The monoisotopic (exact) mass is 327 g/mol. The standard InChI is InChI=1S/C13H21N5O3S/c1-13(2,3)21-12(20)18-7-9(15-16-14)6-10(18)11(19)17-4-5-22-8-17/h9-10H,4-8H2,1-3H3/t9-,10-/m0/s1. The molecule has 8 nitrogen and oxygen atoms in total. The van der Waals surface area contributed by atoms with Crippen molar-refractivity contribution in [3.05, 3.63) is 10.4 Å². The molecule has 2 saturated heterocycles. The molecule has 22 heavy (non-hydrogen) atoms. The lowest BCUT2D eigenvalue weighted by Crippen LogP contribution is -2.48. The van der Waals surface area contributed by atoms with E-state index in [-0.39, 0.29) is 18.5 Å². The quantitative estimate of drug-likeness (QED) is 0.441. The van der Waals surface area contributed by atoms with Gasteiger partial charge in [-0.2, -0.15) is 0 Å². The Balaban J connectivity index is 2.13. The van der Waals surface area contributed by atoms with Crippen molar-refractivity contribution in [1.29, 1.82) is 0 Å². The number of thioether (sulfide) groups is 1. The summed E-state index contributed by atoms with van der Waals surface area (Å²) < 4.78 is 5.37. The Kier molecular flexibility index (Phi) is 5.08. The zero-order chi connectivity index (χ0) is 16.3. The van der Waals surface area contributed by atoms with E-state index in [1.54, 1.807) is 37.4 Å². The fourth-order valence-corrected chi connectivity index (χ4v) is 3.48. The van der Waals surface area contributed by atoms with Crippen LogP contribution in [0.1, 0.15) is 27.2 Å². The average molecular weight is 327 g/mol. The Morgan fingerprint density at radius 3 is 2.68 bits per heavy atom. The van der Waals surface area contributed by atoms with Crippen LogP contribution in [0, 0.1) is 0 Å². The van der Waals surface area contributed by atoms with E-state index in [1.165, 1.54) is 4.90 Å². The molecule has 0 aromatic carbocycles. The number of rotatable bonds is 2. The van der Waals surface area contributed by atoms with Gasteiger partial charge in [0.1, 0.15) is 11.6 Å². The molecule has 0 saturated carbocycles. The number of amides is 2. The second-order valence-corrected chi connectivity index (χ2v) is 7.46. The zero-order valence-electron chi connectivity index (χ0n) is 13.1. The highest BCUT2D eigenvalue weighted by Crippen LogP contribution is 2.26. The Bertz CT molecular complexity index is 494. The summed E-state index contributed by atoms with van der Waals surface area (Å²) in [6.07, 6.45) is -0.183. The van der Waals surface area contributed by atoms with Gasteiger partial charge in [0, 0.05) is 23.8 Å². The van der Waals surface area contributed by atoms with Gasteiger partial charge < -0.3 is 9.64 Å². The highest BCUT2D eigenvalue weighted by molar-refractivity contribution is 7.99. The zero-order valence-corrected chi connectivity index (χ0v) is 13.9. The summed E-state index contributed by atoms with van der Waals surface area (Å²) >= 11 is 1.69. The molecular weight excluding hydrogens is 306 g/mol. The summed E-state index contributed by atoms with van der Waals surface area (Å²) in [7, 11) is 0. The second-order valence-electron chi connectivity index (χ2n) is 6.38. The van der Waals surface area contributed by atoms with Gasteiger partial charge >= 0.3 is 6.09 Å². The summed E-state index contributed by atoms with van der Waals surface area (Å²) in [5.74, 6) is 1.46. The lowest BCUT2D eigenvalue weighted by atomic mass is 10.1. The van der Waals surface area contributed by atoms with Gasteiger partial charge in [-0.25, -0.2) is 4.79 Å². The minimum atomic E-state index is -0.634. The third-order valence-electron chi connectivity index (χ3n) is 3.47. The maximum absolute atomic E-state index is 12.6. The lowest BCUT2D eigenvalue weighted by molar-refractivity contribution is -0.134. The Morgan fingerprint density at radius 1 is 1.41 bits per heavy atom. The lowest BCUT2D eigenvalue weighted by Gasteiger charge is -2.29. The summed E-state index contributed by atoms with van der Waals surface area (Å²) in [6.45, 7) is 6.24. The van der Waals surface area contributed by atoms with Crippen LogP contribution in [0.15, 0.2) is 5.11 Å². The molecule has 2 atom stereocenters. The molecule has 2 amide bonds. The molecule has 2 aliphatic rings. The number of hydrogen-bond acceptors (Lipinski definition) is 5. The molecular formula is C13H21N5O3S. The number of carbonyl (C=O) groups is 2. The Labute approximate surface area is 133 Å². The molecule has 0 unspecified atom stereocenters. The summed E-state index contributed by atoms with van der Waals surface area (Å²) in [4.78, 5) is 30.9. The minimum absolute atomic E-state index is 0.0912. The number of ether oxygens (including phenoxy) is 1. The molecule has 2 fully saturated rings. The van der Waals surface area contributed by atoms with E-state index >= 15 is 0 Å². The van der Waals surface area contributed by atoms with Crippen molar-refractivity contribution in [1.82, 2.24) is 9.80 Å². The average Bonchev–Trinajstić information content (AvgIpc) is 3.05. The second kappa shape index (κ2) is 6.66. The van der Waals surface area contributed by atoms with Crippen LogP contribution in [0.3, 0.4) is 0 Å². The number of hydrogen-bond donors (Lipinski definition) is 0. The summed E-state index contributed by atoms with van der Waals surface area (Å²) in [6, 6.07) is -0.995. The van der Waals surface area contributed by atoms with E-state index in [1.807, 2.05) is 0 Å². The van der Waals surface area contributed by atoms with Gasteiger partial charge in [0.05, 0.1) is 11.9 Å². The van der Waals surface area contributed by atoms with Crippen LogP contribution in [0.4, 0.5) is 4.79 Å². The summed E-state index contributed by atoms with van der Waals surface area (Å²) in [5, 5.41) is 3.67. The van der Waals surface area contributed by atoms with Crippen LogP contribution in [0.5, 0.6) is 0 Å². The topological polar surface area (TPSA) is 98.6 Å². The SMILES string of the molecule is CC(C)(C)OC(=O)N1C[C@@H](N=[N+]=[N-])C[C@H]1C(=O)N1CCSC1. The van der Waals surface area contributed by atoms with Crippen molar-refractivity contribution in [2.75, 3.05) is 24.7 Å². The largest absolute Gasteiger partial charge is 0.444 e. The molecule has 9 heteroatoms. The van der Waals surface area contributed by atoms with Gasteiger partial charge in [-0.05, 0) is 32.7 Å². The molecule has 0 N–H and O–H groups in total. The fourth-order valence-electron chi connectivity index (χ4n) is 2.53. The number of nitrogens with zero attached hydrogens (tertiary/aromatic N) is 5. The van der Waals surface area contributed by atoms with Gasteiger partial charge in [-0.1, -0.05) is 5.11 Å². The van der Waals surface area contributed by atoms with Crippen LogP contribution in [-0.2, 0) is 9.53 Å². The van der Waals surface area contributed by atoms with Crippen molar-refractivity contribution < 1.29 is 14.3 Å². The Hall–Kier alpha value is -1.60. The molecule has 2 heterocycles. The highest BCUT2D eigenvalue weighted by atomic mass is 32.2. The van der Waals surface area contributed by atoms with E-state index in [0.29, 0.717) is 18.8 Å². The molecule has 2 rings (SSSR count). The van der Waals surface area contributed by atoms with Crippen LogP contribution < -0.4 is 0 Å². The van der Waals surface area contributed by atoms with Crippen molar-refractivity contribution in [2.45, 2.75) is 44.9 Å². The van der Waals surface area contributed by atoms with Crippen LogP contribution in [0.2, 0.25) is 0 Å². The molecule has 0 spiro atoms. The van der Waals surface area contributed by atoms with Gasteiger partial charge in [0.15, 0.2) is 0 Å². The van der Waals surface area contributed by atoms with E-state index in [4.69, 9.17) is 10.3 Å². The number of likely N-dealkylation sites (tertiary alicyclic amines) is 1. The van der Waals surface area contributed by atoms with E-state index in [2.05, 4.69) is 10.0 Å². The number of azide groups is 1. The van der Waals surface area contributed by atoms with Crippen molar-refractivity contribution in [2.24, 2.45) is 5.11 Å². The van der Waals surface area contributed by atoms with Gasteiger partial charge in [0.2, 0.25) is 5.91 Å². The van der Waals surface area contributed by atoms with E-state index in [0.717, 1.165) is 5.75 Å². The van der Waals surface area contributed by atoms with Crippen molar-refractivity contribution in [3.63, 3.8) is 0 Å². The fraction of sp³-hybridized carbons (Fsp3) is 0.846. The van der Waals surface area contributed by atoms with E-state index in [9.17, 15) is 9.59 Å². The van der Waals surface area contributed by atoms with Crippen LogP contribution in [0.25, 0.3) is 10.4 Å².